The Balaban J connectivity index is 2.04. The summed E-state index contributed by atoms with van der Waals surface area (Å²) in [6.07, 6.45) is 0.851. The SMILES string of the molecule is CCNC(=NCc1cc(C)c(O)c(C)c1)Nc1cccc(OCCCOC)c1. The van der Waals surface area contributed by atoms with Crippen molar-refractivity contribution >= 4 is 11.6 Å². The number of anilines is 1. The summed E-state index contributed by atoms with van der Waals surface area (Å²) in [5, 5.41) is 16.5. The number of phenols is 1. The summed E-state index contributed by atoms with van der Waals surface area (Å²) >= 11 is 0. The number of rotatable bonds is 9. The summed E-state index contributed by atoms with van der Waals surface area (Å²) < 4.78 is 10.8. The summed E-state index contributed by atoms with van der Waals surface area (Å²) in [5.41, 5.74) is 3.69. The zero-order valence-corrected chi connectivity index (χ0v) is 17.2. The maximum Gasteiger partial charge on any atom is 0.196 e. The van der Waals surface area contributed by atoms with Crippen molar-refractivity contribution in [2.24, 2.45) is 4.99 Å². The predicted molar refractivity (Wildman–Crippen MR) is 114 cm³/mol. The van der Waals surface area contributed by atoms with E-state index < -0.39 is 0 Å². The maximum absolute atomic E-state index is 9.93. The van der Waals surface area contributed by atoms with Crippen molar-refractivity contribution in [2.75, 3.05) is 32.2 Å². The van der Waals surface area contributed by atoms with Gasteiger partial charge in [0.15, 0.2) is 5.96 Å². The van der Waals surface area contributed by atoms with Crippen molar-refractivity contribution in [1.82, 2.24) is 5.32 Å². The van der Waals surface area contributed by atoms with Crippen LogP contribution in [-0.2, 0) is 11.3 Å². The summed E-state index contributed by atoms with van der Waals surface area (Å²) in [4.78, 5) is 4.66. The number of aliphatic imine (C=N–C) groups is 1. The lowest BCUT2D eigenvalue weighted by molar-refractivity contribution is 0.172. The fourth-order valence-electron chi connectivity index (χ4n) is 2.81. The van der Waals surface area contributed by atoms with Crippen LogP contribution in [0.3, 0.4) is 0 Å². The van der Waals surface area contributed by atoms with Gasteiger partial charge in [0.2, 0.25) is 0 Å². The lowest BCUT2D eigenvalue weighted by Crippen LogP contribution is -2.30. The number of guanidine groups is 1. The summed E-state index contributed by atoms with van der Waals surface area (Å²) in [6.45, 7) is 8.41. The third kappa shape index (κ3) is 6.78. The number of aromatic hydroxyl groups is 1. The molecule has 2 aromatic rings. The zero-order chi connectivity index (χ0) is 20.4. The normalized spacial score (nSPS) is 11.4. The monoisotopic (exact) mass is 385 g/mol. The summed E-state index contributed by atoms with van der Waals surface area (Å²) in [7, 11) is 1.69. The van der Waals surface area contributed by atoms with Gasteiger partial charge >= 0.3 is 0 Å². The van der Waals surface area contributed by atoms with E-state index in [2.05, 4.69) is 15.6 Å². The summed E-state index contributed by atoms with van der Waals surface area (Å²) in [5.74, 6) is 1.85. The first-order chi connectivity index (χ1) is 13.5. The lowest BCUT2D eigenvalue weighted by atomic mass is 10.1. The molecule has 0 aliphatic rings. The van der Waals surface area contributed by atoms with Crippen molar-refractivity contribution in [3.63, 3.8) is 0 Å². The number of ether oxygens (including phenoxy) is 2. The second kappa shape index (κ2) is 11.2. The van der Waals surface area contributed by atoms with Crippen LogP contribution in [0.1, 0.15) is 30.0 Å². The number of nitrogens with one attached hydrogen (secondary N) is 2. The van der Waals surface area contributed by atoms with Crippen LogP contribution >= 0.6 is 0 Å². The molecule has 0 radical (unpaired) electrons. The van der Waals surface area contributed by atoms with Crippen LogP contribution in [0.2, 0.25) is 0 Å². The van der Waals surface area contributed by atoms with Crippen molar-refractivity contribution < 1.29 is 14.6 Å². The molecule has 2 rings (SSSR count). The number of aryl methyl sites for hydroxylation is 2. The van der Waals surface area contributed by atoms with E-state index in [0.29, 0.717) is 31.5 Å². The second-order valence-electron chi connectivity index (χ2n) is 6.62. The molecule has 152 valence electrons. The van der Waals surface area contributed by atoms with Crippen molar-refractivity contribution in [3.05, 3.63) is 53.1 Å². The molecular weight excluding hydrogens is 354 g/mol. The first-order valence-corrected chi connectivity index (χ1v) is 9.59. The number of hydrogen-bond donors (Lipinski definition) is 3. The van der Waals surface area contributed by atoms with Crippen LogP contribution in [0.4, 0.5) is 5.69 Å². The molecule has 0 atom stereocenters. The highest BCUT2D eigenvalue weighted by Gasteiger charge is 2.05. The molecule has 0 amide bonds. The van der Waals surface area contributed by atoms with E-state index in [4.69, 9.17) is 9.47 Å². The van der Waals surface area contributed by atoms with Gasteiger partial charge in [0, 0.05) is 38.4 Å². The van der Waals surface area contributed by atoms with Gasteiger partial charge in [0.05, 0.1) is 13.2 Å². The molecule has 0 aromatic heterocycles. The minimum absolute atomic E-state index is 0.347. The van der Waals surface area contributed by atoms with Crippen LogP contribution in [0.5, 0.6) is 11.5 Å². The Hall–Kier alpha value is -2.73. The Labute approximate surface area is 167 Å². The Morgan fingerprint density at radius 2 is 1.86 bits per heavy atom. The Bertz CT molecular complexity index is 767. The number of phenolic OH excluding ortho intramolecular Hbond substituents is 1. The van der Waals surface area contributed by atoms with E-state index in [1.54, 1.807) is 7.11 Å². The highest BCUT2D eigenvalue weighted by atomic mass is 16.5. The average molecular weight is 386 g/mol. The molecule has 2 aromatic carbocycles. The van der Waals surface area contributed by atoms with E-state index in [9.17, 15) is 5.11 Å². The third-order valence-corrected chi connectivity index (χ3v) is 4.17. The molecule has 0 fully saturated rings. The Morgan fingerprint density at radius 1 is 1.11 bits per heavy atom. The number of methoxy groups -OCH3 is 1. The molecule has 0 spiro atoms. The molecule has 0 saturated heterocycles. The second-order valence-corrected chi connectivity index (χ2v) is 6.62. The van der Waals surface area contributed by atoms with E-state index in [1.165, 1.54) is 0 Å². The largest absolute Gasteiger partial charge is 0.507 e. The molecule has 0 bridgehead atoms. The molecule has 28 heavy (non-hydrogen) atoms. The van der Waals surface area contributed by atoms with E-state index >= 15 is 0 Å². The third-order valence-electron chi connectivity index (χ3n) is 4.17. The quantitative estimate of drug-likeness (QED) is 0.346. The fourth-order valence-corrected chi connectivity index (χ4v) is 2.81. The van der Waals surface area contributed by atoms with E-state index in [-0.39, 0.29) is 0 Å². The van der Waals surface area contributed by atoms with Crippen LogP contribution in [-0.4, -0.2) is 37.9 Å². The van der Waals surface area contributed by atoms with Crippen molar-refractivity contribution in [1.29, 1.82) is 0 Å². The first-order valence-electron chi connectivity index (χ1n) is 9.59. The molecule has 0 heterocycles. The molecule has 0 unspecified atom stereocenters. The van der Waals surface area contributed by atoms with Gasteiger partial charge in [-0.25, -0.2) is 4.99 Å². The van der Waals surface area contributed by atoms with Gasteiger partial charge in [-0.1, -0.05) is 18.2 Å². The van der Waals surface area contributed by atoms with Gasteiger partial charge < -0.3 is 25.2 Å². The predicted octanol–water partition coefficient (Wildman–Crippen LogP) is 4.00. The van der Waals surface area contributed by atoms with Gasteiger partial charge in [-0.05, 0) is 49.6 Å². The van der Waals surface area contributed by atoms with Crippen molar-refractivity contribution in [2.45, 2.75) is 33.7 Å². The maximum atomic E-state index is 9.93. The standard InChI is InChI=1S/C22H31N3O3/c1-5-23-22(24-15-18-12-16(2)21(26)17(3)13-18)25-19-8-6-9-20(14-19)28-11-7-10-27-4/h6,8-9,12-14,26H,5,7,10-11,15H2,1-4H3,(H2,23,24,25). The van der Waals surface area contributed by atoms with Crippen LogP contribution < -0.4 is 15.4 Å². The molecule has 6 heteroatoms. The summed E-state index contributed by atoms with van der Waals surface area (Å²) in [6, 6.07) is 11.7. The van der Waals surface area contributed by atoms with Crippen LogP contribution in [0.25, 0.3) is 0 Å². The minimum Gasteiger partial charge on any atom is -0.507 e. The molecule has 0 saturated carbocycles. The topological polar surface area (TPSA) is 75.1 Å². The highest BCUT2D eigenvalue weighted by Crippen LogP contribution is 2.23. The molecule has 0 aliphatic carbocycles. The zero-order valence-electron chi connectivity index (χ0n) is 17.2. The molecular formula is C22H31N3O3. The lowest BCUT2D eigenvalue weighted by Gasteiger charge is -2.13. The number of benzene rings is 2. The highest BCUT2D eigenvalue weighted by molar-refractivity contribution is 5.93. The van der Waals surface area contributed by atoms with Gasteiger partial charge in [0.1, 0.15) is 11.5 Å². The molecule has 3 N–H and O–H groups in total. The van der Waals surface area contributed by atoms with Crippen molar-refractivity contribution in [3.8, 4) is 11.5 Å². The van der Waals surface area contributed by atoms with Gasteiger partial charge in [-0.2, -0.15) is 0 Å². The first kappa shape index (κ1) is 21.6. The van der Waals surface area contributed by atoms with Crippen LogP contribution in [0.15, 0.2) is 41.4 Å². The Morgan fingerprint density at radius 3 is 2.54 bits per heavy atom. The fraction of sp³-hybridized carbons (Fsp3) is 0.409. The minimum atomic E-state index is 0.347. The smallest absolute Gasteiger partial charge is 0.196 e. The van der Waals surface area contributed by atoms with Gasteiger partial charge in [-0.15, -0.1) is 0 Å². The van der Waals surface area contributed by atoms with Gasteiger partial charge in [0.25, 0.3) is 0 Å². The molecule has 6 nitrogen and oxygen atoms in total. The van der Waals surface area contributed by atoms with E-state index in [0.717, 1.165) is 41.1 Å². The Kier molecular flexibility index (Phi) is 8.62. The number of nitrogens with zero attached hydrogens (tertiary/aromatic N) is 1. The van der Waals surface area contributed by atoms with E-state index in [1.807, 2.05) is 57.2 Å². The molecule has 0 aliphatic heterocycles. The average Bonchev–Trinajstić information content (AvgIpc) is 2.68. The van der Waals surface area contributed by atoms with Crippen LogP contribution in [0, 0.1) is 13.8 Å². The van der Waals surface area contributed by atoms with Gasteiger partial charge in [-0.3, -0.25) is 0 Å². The number of hydrogen-bond acceptors (Lipinski definition) is 4.